The number of anilines is 1. The van der Waals surface area contributed by atoms with Gasteiger partial charge in [0.25, 0.3) is 0 Å². The number of ether oxygens (including phenoxy) is 1. The van der Waals surface area contributed by atoms with E-state index in [4.69, 9.17) is 10.5 Å². The van der Waals surface area contributed by atoms with Crippen molar-refractivity contribution in [3.8, 4) is 5.75 Å². The van der Waals surface area contributed by atoms with E-state index >= 15 is 0 Å². The van der Waals surface area contributed by atoms with Crippen LogP contribution in [0, 0.1) is 6.92 Å². The first-order valence-corrected chi connectivity index (χ1v) is 8.34. The Morgan fingerprint density at radius 1 is 1.32 bits per heavy atom. The Morgan fingerprint density at radius 2 is 2.12 bits per heavy atom. The topological polar surface area (TPSA) is 80.4 Å². The number of rotatable bonds is 6. The summed E-state index contributed by atoms with van der Waals surface area (Å²) >= 11 is 0. The number of benzene rings is 1. The van der Waals surface area contributed by atoms with E-state index in [9.17, 15) is 5.11 Å². The van der Waals surface area contributed by atoms with Gasteiger partial charge in [0.2, 0.25) is 0 Å². The maximum absolute atomic E-state index is 10.2. The Hall–Kier alpha value is -2.63. The number of hydrogen-bond donors (Lipinski definition) is 3. The van der Waals surface area contributed by atoms with Gasteiger partial charge in [0.15, 0.2) is 0 Å². The fourth-order valence-electron chi connectivity index (χ4n) is 2.64. The van der Waals surface area contributed by atoms with Crippen LogP contribution in [-0.4, -0.2) is 22.7 Å². The van der Waals surface area contributed by atoms with Crippen molar-refractivity contribution >= 4 is 5.82 Å². The lowest BCUT2D eigenvalue weighted by molar-refractivity contribution is 0.143. The van der Waals surface area contributed by atoms with E-state index < -0.39 is 6.23 Å². The first-order chi connectivity index (χ1) is 12.1. The van der Waals surface area contributed by atoms with Crippen molar-refractivity contribution in [1.29, 1.82) is 0 Å². The zero-order valence-electron chi connectivity index (χ0n) is 14.2. The quantitative estimate of drug-likeness (QED) is 0.706. The molecule has 1 aliphatic rings. The Bertz CT molecular complexity index is 769. The molecule has 2 aromatic rings. The molecule has 4 N–H and O–H groups in total. The van der Waals surface area contributed by atoms with Crippen molar-refractivity contribution in [1.82, 2.24) is 10.3 Å². The van der Waals surface area contributed by atoms with E-state index in [0.717, 1.165) is 17.7 Å². The largest absolute Gasteiger partial charge is 0.486 e. The fraction of sp³-hybridized carbons (Fsp3) is 0.250. The Morgan fingerprint density at radius 3 is 2.80 bits per heavy atom. The lowest BCUT2D eigenvalue weighted by atomic mass is 10.0. The number of aliphatic hydroxyl groups excluding tert-OH is 1. The number of nitrogens with one attached hydrogen (secondary N) is 1. The predicted octanol–water partition coefficient (Wildman–Crippen LogP) is 2.89. The third kappa shape index (κ3) is 4.68. The van der Waals surface area contributed by atoms with Crippen LogP contribution in [0.4, 0.5) is 5.82 Å². The summed E-state index contributed by atoms with van der Waals surface area (Å²) < 4.78 is 5.94. The minimum absolute atomic E-state index is 0.0327. The minimum atomic E-state index is -0.843. The van der Waals surface area contributed by atoms with Crippen LogP contribution in [0.2, 0.25) is 0 Å². The number of hydrogen-bond acceptors (Lipinski definition) is 5. The average Bonchev–Trinajstić information content (AvgIpc) is 2.63. The highest BCUT2D eigenvalue weighted by molar-refractivity contribution is 5.40. The van der Waals surface area contributed by atoms with Gasteiger partial charge < -0.3 is 15.6 Å². The SMILES string of the molecule is Cc1ccc(OC2C=CC(CNC(O)c3cccnc3N)=CC2)cc1. The first kappa shape index (κ1) is 17.2. The zero-order valence-corrected chi connectivity index (χ0v) is 14.2. The first-order valence-electron chi connectivity index (χ1n) is 8.34. The summed E-state index contributed by atoms with van der Waals surface area (Å²) in [5.41, 5.74) is 8.68. The third-order valence-corrected chi connectivity index (χ3v) is 4.11. The number of aryl methyl sites for hydroxylation is 1. The van der Waals surface area contributed by atoms with Gasteiger partial charge in [0.05, 0.1) is 0 Å². The van der Waals surface area contributed by atoms with Gasteiger partial charge in [0, 0.05) is 24.7 Å². The predicted molar refractivity (Wildman–Crippen MR) is 99.0 cm³/mol. The average molecular weight is 337 g/mol. The summed E-state index contributed by atoms with van der Waals surface area (Å²) in [6.07, 6.45) is 7.77. The Labute approximate surface area is 147 Å². The second-order valence-corrected chi connectivity index (χ2v) is 6.10. The Kier molecular flexibility index (Phi) is 5.48. The van der Waals surface area contributed by atoms with Crippen molar-refractivity contribution in [3.05, 3.63) is 77.5 Å². The van der Waals surface area contributed by atoms with Gasteiger partial charge in [-0.25, -0.2) is 4.98 Å². The lowest BCUT2D eigenvalue weighted by Gasteiger charge is -2.20. The molecule has 0 spiro atoms. The highest BCUT2D eigenvalue weighted by atomic mass is 16.5. The molecular formula is C20H23N3O2. The van der Waals surface area contributed by atoms with E-state index in [1.54, 1.807) is 18.3 Å². The molecule has 2 atom stereocenters. The van der Waals surface area contributed by atoms with Crippen molar-refractivity contribution in [3.63, 3.8) is 0 Å². The van der Waals surface area contributed by atoms with E-state index in [1.165, 1.54) is 5.56 Å². The van der Waals surface area contributed by atoms with Crippen molar-refractivity contribution in [2.24, 2.45) is 0 Å². The standard InChI is InChI=1S/C20H23N3O2/c1-14-4-8-16(9-5-14)25-17-10-6-15(7-11-17)13-23-20(24)18-3-2-12-22-19(18)21/h2-10,12,17,20,23-24H,11,13H2,1H3,(H2,21,22). The van der Waals surface area contributed by atoms with Crippen LogP contribution in [0.1, 0.15) is 23.8 Å². The van der Waals surface area contributed by atoms with E-state index in [-0.39, 0.29) is 6.10 Å². The highest BCUT2D eigenvalue weighted by Gasteiger charge is 2.13. The molecule has 5 nitrogen and oxygen atoms in total. The normalized spacial score (nSPS) is 17.8. The molecule has 0 radical (unpaired) electrons. The molecule has 5 heteroatoms. The summed E-state index contributed by atoms with van der Waals surface area (Å²) in [7, 11) is 0. The van der Waals surface area contributed by atoms with Crippen LogP contribution >= 0.6 is 0 Å². The minimum Gasteiger partial charge on any atom is -0.486 e. The second kappa shape index (κ2) is 7.96. The molecule has 0 amide bonds. The van der Waals surface area contributed by atoms with E-state index in [0.29, 0.717) is 17.9 Å². The zero-order chi connectivity index (χ0) is 17.6. The van der Waals surface area contributed by atoms with Crippen LogP contribution < -0.4 is 15.8 Å². The third-order valence-electron chi connectivity index (χ3n) is 4.11. The molecule has 1 aromatic heterocycles. The molecule has 1 aromatic carbocycles. The molecule has 1 aliphatic carbocycles. The number of nitrogens with zero attached hydrogens (tertiary/aromatic N) is 1. The van der Waals surface area contributed by atoms with Gasteiger partial charge in [-0.3, -0.25) is 5.32 Å². The fourth-order valence-corrected chi connectivity index (χ4v) is 2.64. The molecule has 0 aliphatic heterocycles. The van der Waals surface area contributed by atoms with Gasteiger partial charge in [0.1, 0.15) is 23.9 Å². The summed E-state index contributed by atoms with van der Waals surface area (Å²) in [5.74, 6) is 1.21. The molecule has 2 unspecified atom stereocenters. The summed E-state index contributed by atoms with van der Waals surface area (Å²) in [6, 6.07) is 11.6. The Balaban J connectivity index is 1.49. The van der Waals surface area contributed by atoms with Gasteiger partial charge in [-0.15, -0.1) is 0 Å². The molecule has 0 saturated heterocycles. The summed E-state index contributed by atoms with van der Waals surface area (Å²) in [4.78, 5) is 3.98. The van der Waals surface area contributed by atoms with Gasteiger partial charge in [-0.05, 0) is 42.8 Å². The van der Waals surface area contributed by atoms with Crippen LogP contribution in [-0.2, 0) is 0 Å². The van der Waals surface area contributed by atoms with Crippen LogP contribution in [0.25, 0.3) is 0 Å². The highest BCUT2D eigenvalue weighted by Crippen LogP contribution is 2.20. The van der Waals surface area contributed by atoms with E-state index in [1.807, 2.05) is 36.4 Å². The summed E-state index contributed by atoms with van der Waals surface area (Å²) in [6.45, 7) is 2.60. The number of aromatic nitrogens is 1. The van der Waals surface area contributed by atoms with Crippen LogP contribution in [0.5, 0.6) is 5.75 Å². The molecule has 25 heavy (non-hydrogen) atoms. The van der Waals surface area contributed by atoms with Crippen LogP contribution in [0.15, 0.2) is 66.4 Å². The maximum atomic E-state index is 10.2. The number of aliphatic hydroxyl groups is 1. The van der Waals surface area contributed by atoms with Gasteiger partial charge >= 0.3 is 0 Å². The van der Waals surface area contributed by atoms with Gasteiger partial charge in [-0.1, -0.05) is 29.8 Å². The number of nitrogens with two attached hydrogens (primary N) is 1. The second-order valence-electron chi connectivity index (χ2n) is 6.10. The summed E-state index contributed by atoms with van der Waals surface area (Å²) in [5, 5.41) is 13.2. The molecule has 0 fully saturated rings. The monoisotopic (exact) mass is 337 g/mol. The smallest absolute Gasteiger partial charge is 0.134 e. The van der Waals surface area contributed by atoms with Gasteiger partial charge in [-0.2, -0.15) is 0 Å². The van der Waals surface area contributed by atoms with Crippen molar-refractivity contribution in [2.45, 2.75) is 25.7 Å². The maximum Gasteiger partial charge on any atom is 0.134 e. The molecule has 0 saturated carbocycles. The molecule has 1 heterocycles. The number of pyridine rings is 1. The van der Waals surface area contributed by atoms with Crippen molar-refractivity contribution < 1.29 is 9.84 Å². The van der Waals surface area contributed by atoms with E-state index in [2.05, 4.69) is 23.3 Å². The van der Waals surface area contributed by atoms with Crippen LogP contribution in [0.3, 0.4) is 0 Å². The lowest BCUT2D eigenvalue weighted by Crippen LogP contribution is -2.25. The molecular weight excluding hydrogens is 314 g/mol. The molecule has 0 bridgehead atoms. The molecule has 3 rings (SSSR count). The van der Waals surface area contributed by atoms with Crippen molar-refractivity contribution in [2.75, 3.05) is 12.3 Å². The molecule has 130 valence electrons. The number of nitrogen functional groups attached to an aromatic ring is 1.